The second-order valence-electron chi connectivity index (χ2n) is 5.76. The molecule has 1 heterocycles. The minimum atomic E-state index is 0.769. The van der Waals surface area contributed by atoms with Gasteiger partial charge in [0, 0.05) is 31.0 Å². The Morgan fingerprint density at radius 3 is 2.70 bits per heavy atom. The van der Waals surface area contributed by atoms with Gasteiger partial charge in [-0.05, 0) is 76.4 Å². The predicted molar refractivity (Wildman–Crippen MR) is 88.8 cm³/mol. The fourth-order valence-corrected chi connectivity index (χ4v) is 2.98. The summed E-state index contributed by atoms with van der Waals surface area (Å²) in [5.74, 6) is 0.769. The van der Waals surface area contributed by atoms with Crippen molar-refractivity contribution in [3.05, 3.63) is 23.8 Å². The van der Waals surface area contributed by atoms with Gasteiger partial charge in [-0.3, -0.25) is 0 Å². The molecule has 0 amide bonds. The molecule has 0 saturated carbocycles. The Kier molecular flexibility index (Phi) is 5.72. The third-order valence-corrected chi connectivity index (χ3v) is 4.32. The van der Waals surface area contributed by atoms with E-state index >= 15 is 0 Å². The number of aryl methyl sites for hydroxylation is 1. The van der Waals surface area contributed by atoms with Crippen molar-refractivity contribution in [2.24, 2.45) is 5.92 Å². The Morgan fingerprint density at radius 2 is 2.10 bits per heavy atom. The molecule has 1 aromatic rings. The number of hydrogen-bond donors (Lipinski definition) is 2. The lowest BCUT2D eigenvalue weighted by molar-refractivity contribution is 0.393. The lowest BCUT2D eigenvalue weighted by Gasteiger charge is -2.25. The monoisotopic (exact) mass is 275 g/mol. The van der Waals surface area contributed by atoms with E-state index in [1.54, 1.807) is 0 Å². The number of benzene rings is 1. The van der Waals surface area contributed by atoms with Gasteiger partial charge < -0.3 is 15.5 Å². The highest BCUT2D eigenvalue weighted by atomic mass is 15.1. The molecule has 2 N–H and O–H groups in total. The average molecular weight is 275 g/mol. The summed E-state index contributed by atoms with van der Waals surface area (Å²) in [6.45, 7) is 12.2. The second-order valence-corrected chi connectivity index (χ2v) is 5.76. The van der Waals surface area contributed by atoms with Crippen molar-refractivity contribution < 1.29 is 0 Å². The van der Waals surface area contributed by atoms with Gasteiger partial charge in [0.25, 0.3) is 0 Å². The lowest BCUT2D eigenvalue weighted by atomic mass is 9.99. The summed E-state index contributed by atoms with van der Waals surface area (Å²) in [6.07, 6.45) is 2.66. The van der Waals surface area contributed by atoms with Crippen LogP contribution in [-0.2, 0) is 0 Å². The number of piperidine rings is 1. The van der Waals surface area contributed by atoms with Crippen LogP contribution in [0.5, 0.6) is 0 Å². The van der Waals surface area contributed by atoms with Crippen molar-refractivity contribution in [2.45, 2.75) is 33.6 Å². The Labute approximate surface area is 123 Å². The standard InChI is InChI=1S/C17H29N3/c1-4-20(5-2)16-8-9-17(14(3)11-16)19-13-15-7-6-10-18-12-15/h8-9,11,15,18-19H,4-7,10,12-13H2,1-3H3. The molecule has 1 unspecified atom stereocenters. The summed E-state index contributed by atoms with van der Waals surface area (Å²) in [5, 5.41) is 7.10. The molecule has 0 spiro atoms. The Morgan fingerprint density at radius 1 is 1.30 bits per heavy atom. The van der Waals surface area contributed by atoms with Gasteiger partial charge in [0.15, 0.2) is 0 Å². The van der Waals surface area contributed by atoms with Crippen LogP contribution in [0.15, 0.2) is 18.2 Å². The van der Waals surface area contributed by atoms with Gasteiger partial charge in [0.2, 0.25) is 0 Å². The molecule has 0 aromatic heterocycles. The van der Waals surface area contributed by atoms with E-state index in [9.17, 15) is 0 Å². The van der Waals surface area contributed by atoms with Gasteiger partial charge in [-0.25, -0.2) is 0 Å². The quantitative estimate of drug-likeness (QED) is 0.834. The van der Waals surface area contributed by atoms with E-state index in [-0.39, 0.29) is 0 Å². The predicted octanol–water partition coefficient (Wildman–Crippen LogP) is 3.25. The van der Waals surface area contributed by atoms with Crippen molar-refractivity contribution in [1.29, 1.82) is 0 Å². The van der Waals surface area contributed by atoms with Crippen LogP contribution in [0.25, 0.3) is 0 Å². The maximum atomic E-state index is 3.63. The molecular formula is C17H29N3. The van der Waals surface area contributed by atoms with Crippen LogP contribution in [0, 0.1) is 12.8 Å². The van der Waals surface area contributed by atoms with E-state index in [2.05, 4.69) is 54.5 Å². The first kappa shape index (κ1) is 15.2. The Hall–Kier alpha value is -1.22. The molecule has 0 aliphatic carbocycles. The highest BCUT2D eigenvalue weighted by Crippen LogP contribution is 2.23. The van der Waals surface area contributed by atoms with Crippen molar-refractivity contribution >= 4 is 11.4 Å². The van der Waals surface area contributed by atoms with Crippen LogP contribution < -0.4 is 15.5 Å². The smallest absolute Gasteiger partial charge is 0.0371 e. The third-order valence-electron chi connectivity index (χ3n) is 4.32. The summed E-state index contributed by atoms with van der Waals surface area (Å²) in [4.78, 5) is 2.39. The first-order valence-corrected chi connectivity index (χ1v) is 8.04. The van der Waals surface area contributed by atoms with Gasteiger partial charge in [-0.15, -0.1) is 0 Å². The fourth-order valence-electron chi connectivity index (χ4n) is 2.98. The molecule has 112 valence electrons. The molecule has 3 nitrogen and oxygen atoms in total. The molecule has 1 atom stereocenters. The van der Waals surface area contributed by atoms with Gasteiger partial charge in [0.1, 0.15) is 0 Å². The fraction of sp³-hybridized carbons (Fsp3) is 0.647. The average Bonchev–Trinajstić information content (AvgIpc) is 2.49. The molecule has 3 heteroatoms. The first-order chi connectivity index (χ1) is 9.74. The SMILES string of the molecule is CCN(CC)c1ccc(NCC2CCCNC2)c(C)c1. The van der Waals surface area contributed by atoms with Crippen molar-refractivity contribution in [2.75, 3.05) is 42.9 Å². The molecule has 1 fully saturated rings. The highest BCUT2D eigenvalue weighted by molar-refractivity contribution is 5.60. The lowest BCUT2D eigenvalue weighted by Crippen LogP contribution is -2.33. The van der Waals surface area contributed by atoms with Crippen LogP contribution in [0.3, 0.4) is 0 Å². The summed E-state index contributed by atoms with van der Waals surface area (Å²) in [5.41, 5.74) is 3.96. The molecule has 0 bridgehead atoms. The molecule has 1 aliphatic heterocycles. The summed E-state index contributed by atoms with van der Waals surface area (Å²) in [7, 11) is 0. The maximum absolute atomic E-state index is 3.63. The van der Waals surface area contributed by atoms with E-state index in [1.165, 1.54) is 36.3 Å². The van der Waals surface area contributed by atoms with Crippen LogP contribution in [0.1, 0.15) is 32.3 Å². The maximum Gasteiger partial charge on any atom is 0.0371 e. The van der Waals surface area contributed by atoms with Crippen LogP contribution >= 0.6 is 0 Å². The number of anilines is 2. The van der Waals surface area contributed by atoms with Crippen molar-refractivity contribution in [3.8, 4) is 0 Å². The van der Waals surface area contributed by atoms with E-state index in [4.69, 9.17) is 0 Å². The highest BCUT2D eigenvalue weighted by Gasteiger charge is 2.13. The van der Waals surface area contributed by atoms with Crippen LogP contribution in [-0.4, -0.2) is 32.7 Å². The van der Waals surface area contributed by atoms with Crippen LogP contribution in [0.2, 0.25) is 0 Å². The van der Waals surface area contributed by atoms with Gasteiger partial charge in [-0.1, -0.05) is 0 Å². The van der Waals surface area contributed by atoms with Crippen LogP contribution in [0.4, 0.5) is 11.4 Å². The summed E-state index contributed by atoms with van der Waals surface area (Å²) < 4.78 is 0. The third kappa shape index (κ3) is 3.89. The molecule has 20 heavy (non-hydrogen) atoms. The minimum Gasteiger partial charge on any atom is -0.385 e. The zero-order valence-electron chi connectivity index (χ0n) is 13.2. The number of nitrogens with one attached hydrogen (secondary N) is 2. The molecule has 2 rings (SSSR count). The number of nitrogens with zero attached hydrogens (tertiary/aromatic N) is 1. The van der Waals surface area contributed by atoms with Crippen molar-refractivity contribution in [3.63, 3.8) is 0 Å². The van der Waals surface area contributed by atoms with E-state index in [0.29, 0.717) is 0 Å². The number of rotatable bonds is 6. The topological polar surface area (TPSA) is 27.3 Å². The summed E-state index contributed by atoms with van der Waals surface area (Å²) >= 11 is 0. The minimum absolute atomic E-state index is 0.769. The van der Waals surface area contributed by atoms with Gasteiger partial charge in [0.05, 0.1) is 0 Å². The molecular weight excluding hydrogens is 246 g/mol. The van der Waals surface area contributed by atoms with Crippen molar-refractivity contribution in [1.82, 2.24) is 5.32 Å². The molecule has 1 saturated heterocycles. The largest absolute Gasteiger partial charge is 0.385 e. The zero-order valence-corrected chi connectivity index (χ0v) is 13.2. The Balaban J connectivity index is 1.95. The molecule has 1 aliphatic rings. The number of hydrogen-bond acceptors (Lipinski definition) is 3. The second kappa shape index (κ2) is 7.53. The van der Waals surface area contributed by atoms with Gasteiger partial charge >= 0.3 is 0 Å². The van der Waals surface area contributed by atoms with E-state index < -0.39 is 0 Å². The van der Waals surface area contributed by atoms with Gasteiger partial charge in [-0.2, -0.15) is 0 Å². The Bertz CT molecular complexity index is 407. The van der Waals surface area contributed by atoms with E-state index in [1.807, 2.05) is 0 Å². The summed E-state index contributed by atoms with van der Waals surface area (Å²) in [6, 6.07) is 6.77. The zero-order chi connectivity index (χ0) is 14.4. The normalized spacial score (nSPS) is 18.9. The van der Waals surface area contributed by atoms with E-state index in [0.717, 1.165) is 32.1 Å². The molecule has 1 aromatic carbocycles. The first-order valence-electron chi connectivity index (χ1n) is 8.04. The molecule has 0 radical (unpaired) electrons.